The van der Waals surface area contributed by atoms with Gasteiger partial charge in [0.25, 0.3) is 0 Å². The molecule has 0 atom stereocenters. The first kappa shape index (κ1) is 6.16. The minimum absolute atomic E-state index is 1.07. The Labute approximate surface area is 65.3 Å². The first-order chi connectivity index (χ1) is 5.47. The van der Waals surface area contributed by atoms with Crippen molar-refractivity contribution in [1.82, 2.24) is 0 Å². The molecule has 1 aliphatic heterocycles. The molecule has 0 spiro atoms. The number of anilines is 1. The van der Waals surface area contributed by atoms with Gasteiger partial charge in [0.05, 0.1) is 0 Å². The first-order valence-corrected chi connectivity index (χ1v) is 3.43. The molecule has 2 nitrogen and oxygen atoms in total. The Balaban J connectivity index is 2.52. The normalized spacial score (nSPS) is 13.5. The molecule has 0 aliphatic carbocycles. The number of hydrogen-bond acceptors (Lipinski definition) is 2. The van der Waals surface area contributed by atoms with Crippen LogP contribution in [0.25, 0.3) is 0 Å². The number of hydrogen-bond donors (Lipinski definition) is 1. The van der Waals surface area contributed by atoms with Gasteiger partial charge < -0.3 is 5.32 Å². The SMILES string of the molecule is [C]1=CNc2ccccc2C=N1. The molecule has 1 aromatic carbocycles. The van der Waals surface area contributed by atoms with Crippen molar-refractivity contribution in [2.24, 2.45) is 4.99 Å². The van der Waals surface area contributed by atoms with Gasteiger partial charge >= 0.3 is 0 Å². The molecule has 0 amide bonds. The summed E-state index contributed by atoms with van der Waals surface area (Å²) in [6.45, 7) is 0. The van der Waals surface area contributed by atoms with Crippen LogP contribution in [-0.4, -0.2) is 6.21 Å². The molecule has 1 aliphatic rings. The number of nitrogens with one attached hydrogen (secondary N) is 1. The van der Waals surface area contributed by atoms with Crippen LogP contribution in [-0.2, 0) is 0 Å². The van der Waals surface area contributed by atoms with Gasteiger partial charge in [0.1, 0.15) is 6.20 Å². The summed E-state index contributed by atoms with van der Waals surface area (Å²) < 4.78 is 0. The van der Waals surface area contributed by atoms with Gasteiger partial charge in [-0.3, -0.25) is 4.99 Å². The molecule has 0 fully saturated rings. The Bertz CT molecular complexity index is 313. The van der Waals surface area contributed by atoms with Gasteiger partial charge in [-0.15, -0.1) is 0 Å². The number of para-hydroxylation sites is 1. The predicted molar refractivity (Wildman–Crippen MR) is 45.5 cm³/mol. The van der Waals surface area contributed by atoms with Crippen molar-refractivity contribution in [3.8, 4) is 0 Å². The summed E-state index contributed by atoms with van der Waals surface area (Å²) in [5.41, 5.74) is 2.16. The van der Waals surface area contributed by atoms with Crippen molar-refractivity contribution in [2.75, 3.05) is 5.32 Å². The smallest absolute Gasteiger partial charge is 0.106 e. The Morgan fingerprint density at radius 2 is 2.18 bits per heavy atom. The van der Waals surface area contributed by atoms with Gasteiger partial charge in [0.2, 0.25) is 0 Å². The lowest BCUT2D eigenvalue weighted by molar-refractivity contribution is 1.50. The minimum atomic E-state index is 1.07. The number of nitrogens with zero attached hydrogens (tertiary/aromatic N) is 1. The van der Waals surface area contributed by atoms with E-state index >= 15 is 0 Å². The maximum Gasteiger partial charge on any atom is 0.106 e. The third-order valence-electron chi connectivity index (χ3n) is 1.53. The van der Waals surface area contributed by atoms with E-state index in [1.165, 1.54) is 0 Å². The molecule has 1 aromatic rings. The monoisotopic (exact) mass is 143 g/mol. The second kappa shape index (κ2) is 2.58. The summed E-state index contributed by atoms with van der Waals surface area (Å²) in [5.74, 6) is 0. The topological polar surface area (TPSA) is 24.4 Å². The highest BCUT2D eigenvalue weighted by atomic mass is 14.9. The maximum absolute atomic E-state index is 3.92. The number of rotatable bonds is 0. The van der Waals surface area contributed by atoms with Crippen molar-refractivity contribution in [3.63, 3.8) is 0 Å². The molecule has 0 aromatic heterocycles. The summed E-state index contributed by atoms with van der Waals surface area (Å²) >= 11 is 0. The number of aliphatic imine (C=N–C) groups is 1. The lowest BCUT2D eigenvalue weighted by Crippen LogP contribution is -1.89. The van der Waals surface area contributed by atoms with Gasteiger partial charge in [-0.1, -0.05) is 18.2 Å². The van der Waals surface area contributed by atoms with Crippen LogP contribution in [0.4, 0.5) is 5.69 Å². The molecule has 0 unspecified atom stereocenters. The quantitative estimate of drug-likeness (QED) is 0.588. The third kappa shape index (κ3) is 1.15. The highest BCUT2D eigenvalue weighted by Gasteiger charge is 1.96. The number of benzene rings is 1. The van der Waals surface area contributed by atoms with Crippen molar-refractivity contribution in [3.05, 3.63) is 42.2 Å². The molecular weight excluding hydrogens is 136 g/mol. The molecule has 0 saturated carbocycles. The fourth-order valence-electron chi connectivity index (χ4n) is 0.995. The van der Waals surface area contributed by atoms with Crippen LogP contribution in [0.5, 0.6) is 0 Å². The zero-order valence-electron chi connectivity index (χ0n) is 5.91. The van der Waals surface area contributed by atoms with Crippen LogP contribution in [0.2, 0.25) is 0 Å². The molecular formula is C9H7N2. The Kier molecular flexibility index (Phi) is 1.44. The Morgan fingerprint density at radius 3 is 3.18 bits per heavy atom. The van der Waals surface area contributed by atoms with Crippen LogP contribution in [0.15, 0.2) is 35.5 Å². The Morgan fingerprint density at radius 1 is 1.27 bits per heavy atom. The summed E-state index contributed by atoms with van der Waals surface area (Å²) in [5, 5.41) is 3.06. The second-order valence-corrected chi connectivity index (χ2v) is 2.26. The van der Waals surface area contributed by atoms with E-state index in [2.05, 4.69) is 16.5 Å². The first-order valence-electron chi connectivity index (χ1n) is 3.43. The van der Waals surface area contributed by atoms with E-state index in [0.717, 1.165) is 11.3 Å². The molecule has 1 radical (unpaired) electrons. The van der Waals surface area contributed by atoms with Crippen LogP contribution in [0.3, 0.4) is 0 Å². The lowest BCUT2D eigenvalue weighted by Gasteiger charge is -2.00. The van der Waals surface area contributed by atoms with Crippen molar-refractivity contribution >= 4 is 11.9 Å². The zero-order valence-corrected chi connectivity index (χ0v) is 5.91. The number of fused-ring (bicyclic) bond motifs is 1. The highest BCUT2D eigenvalue weighted by molar-refractivity contribution is 5.88. The summed E-state index contributed by atoms with van der Waals surface area (Å²) in [7, 11) is 0. The largest absolute Gasteiger partial charge is 0.359 e. The molecule has 2 rings (SSSR count). The zero-order chi connectivity index (χ0) is 7.52. The van der Waals surface area contributed by atoms with E-state index in [0.29, 0.717) is 0 Å². The van der Waals surface area contributed by atoms with Gasteiger partial charge in [0, 0.05) is 23.7 Å². The average Bonchev–Trinajstić information content (AvgIpc) is 2.28. The average molecular weight is 143 g/mol. The minimum Gasteiger partial charge on any atom is -0.359 e. The standard InChI is InChI=1S/C9H7N2/c1-2-4-9-8(3-1)7-10-5-6-11-9/h1-4,6-7,11H. The Hall–Kier alpha value is -1.57. The van der Waals surface area contributed by atoms with Crippen LogP contribution in [0, 0.1) is 6.20 Å². The van der Waals surface area contributed by atoms with Crippen molar-refractivity contribution in [2.45, 2.75) is 0 Å². The molecule has 11 heavy (non-hydrogen) atoms. The molecule has 1 N–H and O–H groups in total. The van der Waals surface area contributed by atoms with E-state index < -0.39 is 0 Å². The van der Waals surface area contributed by atoms with E-state index in [1.54, 1.807) is 12.4 Å². The van der Waals surface area contributed by atoms with E-state index in [4.69, 9.17) is 0 Å². The van der Waals surface area contributed by atoms with Crippen LogP contribution >= 0.6 is 0 Å². The van der Waals surface area contributed by atoms with Gasteiger partial charge in [-0.05, 0) is 6.07 Å². The molecule has 53 valence electrons. The third-order valence-corrected chi connectivity index (χ3v) is 1.53. The molecule has 0 saturated heterocycles. The van der Waals surface area contributed by atoms with Crippen molar-refractivity contribution < 1.29 is 0 Å². The van der Waals surface area contributed by atoms with Crippen molar-refractivity contribution in [1.29, 1.82) is 0 Å². The fraction of sp³-hybridized carbons (Fsp3) is 0. The van der Waals surface area contributed by atoms with Gasteiger partial charge in [-0.25, -0.2) is 0 Å². The second-order valence-electron chi connectivity index (χ2n) is 2.26. The maximum atomic E-state index is 3.92. The van der Waals surface area contributed by atoms with Crippen LogP contribution in [0.1, 0.15) is 5.56 Å². The molecule has 1 heterocycles. The van der Waals surface area contributed by atoms with Gasteiger partial charge in [0.15, 0.2) is 0 Å². The lowest BCUT2D eigenvalue weighted by atomic mass is 10.2. The van der Waals surface area contributed by atoms with E-state index in [1.807, 2.05) is 24.3 Å². The summed E-state index contributed by atoms with van der Waals surface area (Å²) in [6, 6.07) is 7.98. The predicted octanol–water partition coefficient (Wildman–Crippen LogP) is 1.81. The van der Waals surface area contributed by atoms with Gasteiger partial charge in [-0.2, -0.15) is 0 Å². The molecule has 2 heteroatoms. The highest BCUT2D eigenvalue weighted by Crippen LogP contribution is 2.13. The molecule has 0 bridgehead atoms. The fourth-order valence-corrected chi connectivity index (χ4v) is 0.995. The summed E-state index contributed by atoms with van der Waals surface area (Å²) in [4.78, 5) is 3.92. The van der Waals surface area contributed by atoms with Crippen LogP contribution < -0.4 is 5.32 Å². The summed E-state index contributed by atoms with van der Waals surface area (Å²) in [6.07, 6.45) is 6.21. The van der Waals surface area contributed by atoms with E-state index in [9.17, 15) is 0 Å². The van der Waals surface area contributed by atoms with E-state index in [-0.39, 0.29) is 0 Å².